The van der Waals surface area contributed by atoms with Crippen LogP contribution in [0.1, 0.15) is 12.5 Å². The first-order valence-corrected chi connectivity index (χ1v) is 12.1. The largest absolute Gasteiger partial charge is 0.488 e. The fourth-order valence-corrected chi connectivity index (χ4v) is 4.99. The van der Waals surface area contributed by atoms with E-state index in [4.69, 9.17) is 9.47 Å². The number of carbonyl (C=O) groups is 1. The number of methoxy groups -OCH3 is 1. The van der Waals surface area contributed by atoms with Crippen molar-refractivity contribution in [3.63, 3.8) is 0 Å². The molecule has 37 heavy (non-hydrogen) atoms. The number of rotatable bonds is 7. The molecule has 9 nitrogen and oxygen atoms in total. The minimum absolute atomic E-state index is 0.0182. The lowest BCUT2D eigenvalue weighted by Gasteiger charge is -2.26. The van der Waals surface area contributed by atoms with Crippen molar-refractivity contribution in [2.75, 3.05) is 18.6 Å². The Morgan fingerprint density at radius 2 is 2.03 bits per heavy atom. The van der Waals surface area contributed by atoms with E-state index < -0.39 is 18.0 Å². The molecule has 0 aliphatic heterocycles. The number of halogens is 1. The van der Waals surface area contributed by atoms with Crippen LogP contribution in [0.15, 0.2) is 55.0 Å². The van der Waals surface area contributed by atoms with Gasteiger partial charge in [-0.25, -0.2) is 24.1 Å². The van der Waals surface area contributed by atoms with Gasteiger partial charge >= 0.3 is 6.09 Å². The normalized spacial score (nSPS) is 12.0. The molecule has 3 aromatic heterocycles. The predicted octanol–water partition coefficient (Wildman–Crippen LogP) is 5.71. The summed E-state index contributed by atoms with van der Waals surface area (Å²) in [6.07, 6.45) is 3.40. The highest BCUT2D eigenvalue weighted by Crippen LogP contribution is 2.37. The summed E-state index contributed by atoms with van der Waals surface area (Å²) in [7, 11) is 1.53. The summed E-state index contributed by atoms with van der Waals surface area (Å²) in [6, 6.07) is 9.48. The fraction of sp³-hybridized carbons (Fsp3) is 0.192. The Morgan fingerprint density at radius 3 is 2.76 bits per heavy atom. The summed E-state index contributed by atoms with van der Waals surface area (Å²) in [5.41, 5.74) is 3.99. The van der Waals surface area contributed by atoms with Crippen LogP contribution in [0.2, 0.25) is 0 Å². The lowest BCUT2D eigenvalue weighted by Crippen LogP contribution is -2.41. The molecule has 3 heterocycles. The van der Waals surface area contributed by atoms with E-state index in [9.17, 15) is 14.3 Å². The van der Waals surface area contributed by atoms with Crippen LogP contribution in [-0.2, 0) is 0 Å². The Bertz CT molecular complexity index is 1610. The number of amides is 1. The van der Waals surface area contributed by atoms with Crippen LogP contribution in [-0.4, -0.2) is 50.9 Å². The van der Waals surface area contributed by atoms with Crippen LogP contribution in [0.5, 0.6) is 11.6 Å². The topological polar surface area (TPSA) is 111 Å². The highest BCUT2D eigenvalue weighted by Gasteiger charge is 2.23. The van der Waals surface area contributed by atoms with Crippen LogP contribution < -0.4 is 14.4 Å². The third-order valence-corrected chi connectivity index (χ3v) is 6.75. The molecule has 0 fully saturated rings. The van der Waals surface area contributed by atoms with Crippen molar-refractivity contribution >= 4 is 44.4 Å². The number of hydrogen-bond acceptors (Lipinski definition) is 8. The zero-order chi connectivity index (χ0) is 26.1. The van der Waals surface area contributed by atoms with E-state index in [-0.39, 0.29) is 12.4 Å². The number of carboxylic acid groups (broad SMARTS) is 1. The zero-order valence-electron chi connectivity index (χ0n) is 20.2. The van der Waals surface area contributed by atoms with E-state index in [1.54, 1.807) is 37.5 Å². The monoisotopic (exact) mass is 519 g/mol. The van der Waals surface area contributed by atoms with Gasteiger partial charge in [-0.3, -0.25) is 9.88 Å². The second kappa shape index (κ2) is 9.94. The van der Waals surface area contributed by atoms with E-state index in [2.05, 4.69) is 19.9 Å². The lowest BCUT2D eigenvalue weighted by molar-refractivity contribution is 0.194. The average molecular weight is 520 g/mol. The van der Waals surface area contributed by atoms with Crippen LogP contribution in [0.4, 0.5) is 14.9 Å². The van der Waals surface area contributed by atoms with E-state index in [0.29, 0.717) is 33.1 Å². The number of ether oxygens (including phenoxy) is 2. The van der Waals surface area contributed by atoms with E-state index in [0.717, 1.165) is 20.7 Å². The molecule has 1 amide bonds. The molecular formula is C26H22FN5O4S. The lowest BCUT2D eigenvalue weighted by atomic mass is 10.1. The molecule has 0 spiro atoms. The van der Waals surface area contributed by atoms with Gasteiger partial charge in [0.25, 0.3) is 0 Å². The minimum atomic E-state index is -1.15. The van der Waals surface area contributed by atoms with Crippen molar-refractivity contribution in [1.82, 2.24) is 19.9 Å². The van der Waals surface area contributed by atoms with Crippen molar-refractivity contribution in [2.45, 2.75) is 19.9 Å². The molecule has 1 atom stereocenters. The molecule has 0 saturated heterocycles. The SMILES string of the molecule is COc1cnc2c(-c3nc4cc(F)c(OC[C@H](C)N(C(=O)O)c5cccnc5)cc4s3)cc(C)cc2n1. The maximum atomic E-state index is 14.9. The first-order valence-electron chi connectivity index (χ1n) is 11.3. The smallest absolute Gasteiger partial charge is 0.412 e. The molecular weight excluding hydrogens is 497 g/mol. The van der Waals surface area contributed by atoms with Gasteiger partial charge in [0.05, 0.1) is 52.5 Å². The number of aromatic nitrogens is 4. The molecule has 1 N–H and O–H groups in total. The second-order valence-corrected chi connectivity index (χ2v) is 9.42. The summed E-state index contributed by atoms with van der Waals surface area (Å²) in [6.45, 7) is 3.58. The Hall–Kier alpha value is -4.38. The zero-order valence-corrected chi connectivity index (χ0v) is 21.0. The third-order valence-electron chi connectivity index (χ3n) is 5.70. The Morgan fingerprint density at radius 1 is 1.19 bits per heavy atom. The molecule has 5 aromatic rings. The highest BCUT2D eigenvalue weighted by molar-refractivity contribution is 7.21. The predicted molar refractivity (Wildman–Crippen MR) is 139 cm³/mol. The van der Waals surface area contributed by atoms with Crippen molar-refractivity contribution in [2.24, 2.45) is 0 Å². The molecule has 0 aliphatic rings. The number of benzene rings is 2. The molecule has 2 aromatic carbocycles. The van der Waals surface area contributed by atoms with Crippen molar-refractivity contribution in [3.8, 4) is 22.2 Å². The molecule has 5 rings (SSSR count). The molecule has 0 aliphatic carbocycles. The van der Waals surface area contributed by atoms with Gasteiger partial charge in [0.2, 0.25) is 5.88 Å². The maximum Gasteiger partial charge on any atom is 0.412 e. The van der Waals surface area contributed by atoms with Gasteiger partial charge in [0.15, 0.2) is 11.6 Å². The van der Waals surface area contributed by atoms with Crippen molar-refractivity contribution < 1.29 is 23.8 Å². The molecule has 0 saturated carbocycles. The number of fused-ring (bicyclic) bond motifs is 2. The fourth-order valence-electron chi connectivity index (χ4n) is 4.00. The number of pyridine rings is 1. The molecule has 0 unspecified atom stereocenters. The Labute approximate surface area is 215 Å². The summed E-state index contributed by atoms with van der Waals surface area (Å²) >= 11 is 1.38. The van der Waals surface area contributed by atoms with Crippen molar-refractivity contribution in [1.29, 1.82) is 0 Å². The summed E-state index contributed by atoms with van der Waals surface area (Å²) in [5, 5.41) is 10.3. The van der Waals surface area contributed by atoms with Gasteiger partial charge < -0.3 is 14.6 Å². The minimum Gasteiger partial charge on any atom is -0.488 e. The van der Waals surface area contributed by atoms with E-state index in [1.165, 1.54) is 30.7 Å². The number of anilines is 1. The Balaban J connectivity index is 1.44. The van der Waals surface area contributed by atoms with Gasteiger partial charge in [0.1, 0.15) is 11.6 Å². The maximum absolute atomic E-state index is 14.9. The summed E-state index contributed by atoms with van der Waals surface area (Å²) in [5.74, 6) is -0.153. The second-order valence-electron chi connectivity index (χ2n) is 8.39. The molecule has 11 heteroatoms. The molecule has 188 valence electrons. The van der Waals surface area contributed by atoms with Gasteiger partial charge in [0, 0.05) is 23.9 Å². The third kappa shape index (κ3) is 4.85. The van der Waals surface area contributed by atoms with Crippen LogP contribution in [0, 0.1) is 12.7 Å². The first kappa shape index (κ1) is 24.3. The van der Waals surface area contributed by atoms with Crippen LogP contribution in [0.25, 0.3) is 31.8 Å². The molecule has 0 bridgehead atoms. The van der Waals surface area contributed by atoms with E-state index in [1.807, 2.05) is 19.1 Å². The van der Waals surface area contributed by atoms with Crippen molar-refractivity contribution in [3.05, 3.63) is 66.4 Å². The first-order chi connectivity index (χ1) is 17.8. The standard InChI is InChI=1S/C26H22FN5O4S/c1-14-7-17(24-20(8-14)30-23(35-3)12-29-24)25-31-19-9-18(27)21(10-22(19)37-25)36-13-15(2)32(26(33)34)16-5-4-6-28-11-16/h4-12,15H,13H2,1-3H3,(H,33,34)/t15-/m0/s1. The Kier molecular flexibility index (Phi) is 6.53. The van der Waals surface area contributed by atoms with Gasteiger partial charge in [-0.05, 0) is 43.7 Å². The van der Waals surface area contributed by atoms with E-state index >= 15 is 0 Å². The number of aryl methyl sites for hydroxylation is 1. The number of hydrogen-bond donors (Lipinski definition) is 1. The number of nitrogens with zero attached hydrogens (tertiary/aromatic N) is 5. The molecule has 0 radical (unpaired) electrons. The van der Waals surface area contributed by atoms with Gasteiger partial charge in [-0.15, -0.1) is 11.3 Å². The summed E-state index contributed by atoms with van der Waals surface area (Å²) < 4.78 is 26.6. The average Bonchev–Trinajstić information content (AvgIpc) is 3.29. The number of thiazole rings is 1. The van der Waals surface area contributed by atoms with Gasteiger partial charge in [-0.1, -0.05) is 0 Å². The highest BCUT2D eigenvalue weighted by atomic mass is 32.1. The quantitative estimate of drug-likeness (QED) is 0.291. The van der Waals surface area contributed by atoms with Gasteiger partial charge in [-0.2, -0.15) is 0 Å². The van der Waals surface area contributed by atoms with Crippen LogP contribution >= 0.6 is 11.3 Å². The summed E-state index contributed by atoms with van der Waals surface area (Å²) in [4.78, 5) is 30.5. The van der Waals surface area contributed by atoms with Crippen LogP contribution in [0.3, 0.4) is 0 Å².